The molecule has 0 aromatic heterocycles. The van der Waals surface area contributed by atoms with Crippen LogP contribution < -0.4 is 0 Å². The molecule has 0 saturated heterocycles. The summed E-state index contributed by atoms with van der Waals surface area (Å²) in [5.74, 6) is 5.33. The van der Waals surface area contributed by atoms with Gasteiger partial charge in [-0.1, -0.05) is 26.7 Å². The van der Waals surface area contributed by atoms with Gasteiger partial charge >= 0.3 is 8.56 Å². The number of rotatable bonds is 10. The summed E-state index contributed by atoms with van der Waals surface area (Å²) in [4.78, 5) is 0. The second-order valence-electron chi connectivity index (χ2n) is 4.08. The third-order valence-corrected chi connectivity index (χ3v) is 5.41. The smallest absolute Gasteiger partial charge is 0.362 e. The van der Waals surface area contributed by atoms with Crippen molar-refractivity contribution >= 4 is 8.56 Å². The number of terminal acetylenes is 2. The Labute approximate surface area is 107 Å². The largest absolute Gasteiger partial charge is 0.393 e. The van der Waals surface area contributed by atoms with Gasteiger partial charge in [0.25, 0.3) is 0 Å². The number of hydrogen-bond donors (Lipinski definition) is 0. The molecule has 2 nitrogen and oxygen atoms in total. The third kappa shape index (κ3) is 7.23. The molecule has 0 aliphatic rings. The molecule has 0 aromatic rings. The molecule has 0 heterocycles. The van der Waals surface area contributed by atoms with Crippen molar-refractivity contribution in [1.29, 1.82) is 0 Å². The molecular formula is C14H24O2Si. The third-order valence-electron chi connectivity index (χ3n) is 2.47. The van der Waals surface area contributed by atoms with E-state index in [9.17, 15) is 0 Å². The summed E-state index contributed by atoms with van der Waals surface area (Å²) in [5, 5.41) is 0. The van der Waals surface area contributed by atoms with E-state index >= 15 is 0 Å². The first-order valence-corrected chi connectivity index (χ1v) is 8.62. The first-order valence-electron chi connectivity index (χ1n) is 6.39. The molecule has 0 bridgehead atoms. The molecule has 17 heavy (non-hydrogen) atoms. The van der Waals surface area contributed by atoms with Gasteiger partial charge in [-0.05, 0) is 12.8 Å². The Kier molecular flexibility index (Phi) is 9.96. The van der Waals surface area contributed by atoms with Crippen LogP contribution >= 0.6 is 0 Å². The van der Waals surface area contributed by atoms with Crippen LogP contribution in [0.15, 0.2) is 0 Å². The van der Waals surface area contributed by atoms with E-state index < -0.39 is 8.56 Å². The molecule has 0 N–H and O–H groups in total. The summed E-state index contributed by atoms with van der Waals surface area (Å²) in [7, 11) is -2.34. The summed E-state index contributed by atoms with van der Waals surface area (Å²) >= 11 is 0. The molecule has 0 rings (SSSR count). The van der Waals surface area contributed by atoms with Crippen LogP contribution in [0.2, 0.25) is 12.1 Å². The average Bonchev–Trinajstić information content (AvgIpc) is 2.30. The van der Waals surface area contributed by atoms with Crippen molar-refractivity contribution < 1.29 is 8.85 Å². The minimum atomic E-state index is -2.34. The van der Waals surface area contributed by atoms with E-state index in [-0.39, 0.29) is 0 Å². The average molecular weight is 252 g/mol. The van der Waals surface area contributed by atoms with Crippen LogP contribution in [-0.2, 0) is 8.85 Å². The van der Waals surface area contributed by atoms with Gasteiger partial charge in [0.15, 0.2) is 0 Å². The predicted molar refractivity (Wildman–Crippen MR) is 74.8 cm³/mol. The summed E-state index contributed by atoms with van der Waals surface area (Å²) in [5.41, 5.74) is 0. The minimum Gasteiger partial charge on any atom is -0.393 e. The van der Waals surface area contributed by atoms with Gasteiger partial charge in [-0.2, -0.15) is 0 Å². The van der Waals surface area contributed by atoms with Crippen LogP contribution in [0.25, 0.3) is 0 Å². The molecule has 0 saturated carbocycles. The van der Waals surface area contributed by atoms with E-state index in [4.69, 9.17) is 21.7 Å². The van der Waals surface area contributed by atoms with Crippen LogP contribution in [-0.4, -0.2) is 21.8 Å². The van der Waals surface area contributed by atoms with Crippen LogP contribution in [0, 0.1) is 24.7 Å². The molecule has 96 valence electrons. The zero-order chi connectivity index (χ0) is 13.0. The van der Waals surface area contributed by atoms with Crippen LogP contribution in [0.3, 0.4) is 0 Å². The normalized spacial score (nSPS) is 10.8. The molecule has 0 aromatic carbocycles. The zero-order valence-corrected chi connectivity index (χ0v) is 12.1. The van der Waals surface area contributed by atoms with E-state index in [0.717, 1.165) is 25.7 Å². The van der Waals surface area contributed by atoms with Crippen LogP contribution in [0.5, 0.6) is 0 Å². The second kappa shape index (κ2) is 10.4. The lowest BCUT2D eigenvalue weighted by Gasteiger charge is -2.27. The van der Waals surface area contributed by atoms with E-state index in [2.05, 4.69) is 25.7 Å². The van der Waals surface area contributed by atoms with Gasteiger partial charge in [0.1, 0.15) is 0 Å². The molecule has 0 fully saturated rings. The van der Waals surface area contributed by atoms with Crippen molar-refractivity contribution in [3.63, 3.8) is 0 Å². The molecule has 0 aliphatic carbocycles. The van der Waals surface area contributed by atoms with Gasteiger partial charge in [-0.25, -0.2) is 0 Å². The molecular weight excluding hydrogens is 228 g/mol. The molecule has 3 heteroatoms. The van der Waals surface area contributed by atoms with E-state index in [1.165, 1.54) is 0 Å². The molecule has 0 unspecified atom stereocenters. The van der Waals surface area contributed by atoms with Gasteiger partial charge in [-0.3, -0.25) is 0 Å². The van der Waals surface area contributed by atoms with Gasteiger partial charge in [0.2, 0.25) is 0 Å². The van der Waals surface area contributed by atoms with Crippen molar-refractivity contribution in [2.24, 2.45) is 0 Å². The van der Waals surface area contributed by atoms with Gasteiger partial charge in [0.05, 0.1) is 12.1 Å². The molecule has 0 amide bonds. The Bertz CT molecular complexity index is 234. The Morgan fingerprint density at radius 2 is 1.29 bits per heavy atom. The standard InChI is InChI=1S/C14H24O2Si/c1-5-9-11-15-17(13-7-3,14-8-4)16-12-10-6-2/h3-4H,5-6,9-14H2,1-2H3. The van der Waals surface area contributed by atoms with E-state index in [1.54, 1.807) is 0 Å². The Morgan fingerprint density at radius 1 is 0.882 bits per heavy atom. The summed E-state index contributed by atoms with van der Waals surface area (Å²) < 4.78 is 11.9. The lowest BCUT2D eigenvalue weighted by Crippen LogP contribution is -2.42. The number of hydrogen-bond acceptors (Lipinski definition) is 2. The van der Waals surface area contributed by atoms with Crippen molar-refractivity contribution in [1.82, 2.24) is 0 Å². The maximum atomic E-state index is 5.93. The fraction of sp³-hybridized carbons (Fsp3) is 0.714. The van der Waals surface area contributed by atoms with Gasteiger partial charge in [0, 0.05) is 13.2 Å². The highest BCUT2D eigenvalue weighted by molar-refractivity contribution is 6.68. The van der Waals surface area contributed by atoms with Crippen LogP contribution in [0.4, 0.5) is 0 Å². The maximum absolute atomic E-state index is 5.93. The lowest BCUT2D eigenvalue weighted by atomic mass is 10.4. The fourth-order valence-electron chi connectivity index (χ4n) is 1.42. The predicted octanol–water partition coefficient (Wildman–Crippen LogP) is 3.33. The summed E-state index contributed by atoms with van der Waals surface area (Å²) in [6, 6.07) is 1.09. The maximum Gasteiger partial charge on any atom is 0.362 e. The topological polar surface area (TPSA) is 18.5 Å². The number of unbranched alkanes of at least 4 members (excludes halogenated alkanes) is 2. The van der Waals surface area contributed by atoms with Gasteiger partial charge in [-0.15, -0.1) is 24.7 Å². The fourth-order valence-corrected chi connectivity index (χ4v) is 3.70. The summed E-state index contributed by atoms with van der Waals surface area (Å²) in [6.07, 6.45) is 15.1. The van der Waals surface area contributed by atoms with Crippen molar-refractivity contribution in [3.8, 4) is 24.7 Å². The second-order valence-corrected chi connectivity index (χ2v) is 7.18. The van der Waals surface area contributed by atoms with Gasteiger partial charge < -0.3 is 8.85 Å². The Hall–Kier alpha value is -0.743. The Balaban J connectivity index is 4.39. The molecule has 0 atom stereocenters. The van der Waals surface area contributed by atoms with Crippen molar-refractivity contribution in [2.45, 2.75) is 51.6 Å². The quantitative estimate of drug-likeness (QED) is 0.337. The van der Waals surface area contributed by atoms with Crippen LogP contribution in [0.1, 0.15) is 39.5 Å². The molecule has 0 radical (unpaired) electrons. The first kappa shape index (κ1) is 16.3. The van der Waals surface area contributed by atoms with Crippen molar-refractivity contribution in [3.05, 3.63) is 0 Å². The highest BCUT2D eigenvalue weighted by Gasteiger charge is 2.36. The van der Waals surface area contributed by atoms with E-state index in [0.29, 0.717) is 25.3 Å². The highest BCUT2D eigenvalue weighted by atomic mass is 28.4. The first-order chi connectivity index (χ1) is 8.24. The monoisotopic (exact) mass is 252 g/mol. The molecule has 0 spiro atoms. The lowest BCUT2D eigenvalue weighted by molar-refractivity contribution is 0.169. The van der Waals surface area contributed by atoms with E-state index in [1.807, 2.05) is 0 Å². The zero-order valence-electron chi connectivity index (χ0n) is 11.1. The SMILES string of the molecule is C#CC[Si](CC#C)(OCCCC)OCCCC. The van der Waals surface area contributed by atoms with Crippen molar-refractivity contribution in [2.75, 3.05) is 13.2 Å². The summed E-state index contributed by atoms with van der Waals surface area (Å²) in [6.45, 7) is 5.68. The minimum absolute atomic E-state index is 0.546. The molecule has 0 aliphatic heterocycles. The highest BCUT2D eigenvalue weighted by Crippen LogP contribution is 2.19. The Morgan fingerprint density at radius 3 is 1.59 bits per heavy atom.